The fourth-order valence-corrected chi connectivity index (χ4v) is 4.33. The second-order valence-electron chi connectivity index (χ2n) is 8.26. The van der Waals surface area contributed by atoms with Crippen molar-refractivity contribution in [2.24, 2.45) is 7.05 Å². The summed E-state index contributed by atoms with van der Waals surface area (Å²) in [6.07, 6.45) is 2.10. The van der Waals surface area contributed by atoms with E-state index in [1.165, 1.54) is 39.1 Å². The number of aromatic nitrogens is 1. The lowest BCUT2D eigenvalue weighted by atomic mass is 9.86. The van der Waals surface area contributed by atoms with Crippen molar-refractivity contribution in [1.29, 1.82) is 0 Å². The molecule has 0 unspecified atom stereocenters. The van der Waals surface area contributed by atoms with E-state index in [1.807, 2.05) is 12.1 Å². The lowest BCUT2D eigenvalue weighted by molar-refractivity contribution is -2.00. The smallest absolute Gasteiger partial charge is 0.213 e. The molecule has 0 amide bonds. The minimum Gasteiger partial charge on any atom is -0.222 e. The molecule has 5 rings (SSSR count). The summed E-state index contributed by atoms with van der Waals surface area (Å²) in [6, 6.07) is 40.3. The van der Waals surface area contributed by atoms with Crippen molar-refractivity contribution in [1.82, 2.24) is 0 Å². The fraction of sp³-hybridized carbons (Fsp3) is 0.0333. The van der Waals surface area contributed by atoms with Crippen LogP contribution in [0.4, 0.5) is 0 Å². The van der Waals surface area contributed by atoms with Crippen molar-refractivity contribution >= 4 is 11.6 Å². The summed E-state index contributed by atoms with van der Waals surface area (Å²) in [4.78, 5) is 0. The van der Waals surface area contributed by atoms with Gasteiger partial charge >= 0.3 is 0 Å². The molecule has 0 radical (unpaired) electrons. The van der Waals surface area contributed by atoms with Crippen LogP contribution in [-0.2, 0) is 7.05 Å². The highest BCUT2D eigenvalue weighted by Gasteiger charge is 2.22. The number of aryl methyl sites for hydroxylation is 1. The van der Waals surface area contributed by atoms with Gasteiger partial charge in [-0.3, -0.25) is 0 Å². The van der Waals surface area contributed by atoms with Crippen LogP contribution in [0.3, 0.4) is 0 Å². The van der Waals surface area contributed by atoms with Gasteiger partial charge in [0.1, 0.15) is 7.05 Å². The van der Waals surface area contributed by atoms with Gasteiger partial charge in [0.05, 0.1) is 5.56 Å². The van der Waals surface area contributed by atoms with E-state index in [2.05, 4.69) is 121 Å². The molecule has 0 aliphatic heterocycles. The molecule has 4 aromatic carbocycles. The van der Waals surface area contributed by atoms with E-state index in [4.69, 9.17) is 30.2 Å². The summed E-state index contributed by atoms with van der Waals surface area (Å²) in [5.41, 5.74) is 9.52. The number of pyridine rings is 1. The standard InChI is InChI=1S/C30H23ClN.ClHO4/c1-32-19-9-8-14-29(32)30-27(23-10-4-2-5-11-23)20-25(22-15-17-26(31)18-16-22)21-28(30)24-12-6-3-7-13-24;2-1(3,4)5/h2-21H,1H3;(H,2,3,4,5)/q+1;/p-1. The molecule has 186 valence electrons. The van der Waals surface area contributed by atoms with Crippen LogP contribution in [0.5, 0.6) is 0 Å². The third kappa shape index (κ3) is 7.02. The van der Waals surface area contributed by atoms with Gasteiger partial charge in [0.25, 0.3) is 0 Å². The highest BCUT2D eigenvalue weighted by atomic mass is 35.7. The SMILES string of the molecule is C[n+]1ccccc1-c1c(-c2ccccc2)cc(-c2ccc(Cl)cc2)cc1-c1ccccc1.[O-][Cl+3]([O-])([O-])[O-]. The number of halogens is 2. The normalized spacial score (nSPS) is 11.0. The number of nitrogens with zero attached hydrogens (tertiary/aromatic N) is 1. The second kappa shape index (κ2) is 11.7. The van der Waals surface area contributed by atoms with Gasteiger partial charge in [-0.05, 0) is 63.7 Å². The predicted molar refractivity (Wildman–Crippen MR) is 134 cm³/mol. The summed E-state index contributed by atoms with van der Waals surface area (Å²) in [6.45, 7) is 0. The Balaban J connectivity index is 0.000000586. The van der Waals surface area contributed by atoms with Crippen molar-refractivity contribution in [3.05, 3.63) is 126 Å². The van der Waals surface area contributed by atoms with Gasteiger partial charge in [-0.15, -0.1) is 10.2 Å². The summed E-state index contributed by atoms with van der Waals surface area (Å²) in [5, 5.41) is 0.744. The Morgan fingerprint density at radius 1 is 0.568 bits per heavy atom. The molecule has 37 heavy (non-hydrogen) atoms. The zero-order valence-corrected chi connectivity index (χ0v) is 21.4. The van der Waals surface area contributed by atoms with Crippen LogP contribution in [0.2, 0.25) is 5.02 Å². The van der Waals surface area contributed by atoms with Gasteiger partial charge in [0, 0.05) is 17.2 Å². The molecule has 0 saturated heterocycles. The van der Waals surface area contributed by atoms with Crippen molar-refractivity contribution in [3.8, 4) is 44.6 Å². The number of hydrogen-bond acceptors (Lipinski definition) is 4. The molecule has 0 bridgehead atoms. The van der Waals surface area contributed by atoms with Crippen molar-refractivity contribution in [3.63, 3.8) is 0 Å². The Hall–Kier alpha value is -3.55. The quantitative estimate of drug-likeness (QED) is 0.333. The minimum atomic E-state index is -4.94. The van der Waals surface area contributed by atoms with Gasteiger partial charge < -0.3 is 0 Å². The van der Waals surface area contributed by atoms with Crippen molar-refractivity contribution in [2.75, 3.05) is 0 Å². The van der Waals surface area contributed by atoms with E-state index in [9.17, 15) is 0 Å². The molecular formula is C30H23Cl2NO4. The summed E-state index contributed by atoms with van der Waals surface area (Å²) in [5.74, 6) is 0. The molecule has 5 nitrogen and oxygen atoms in total. The molecule has 0 aliphatic carbocycles. The molecule has 7 heteroatoms. The van der Waals surface area contributed by atoms with Crippen LogP contribution in [0.25, 0.3) is 44.6 Å². The molecule has 0 fully saturated rings. The number of hydrogen-bond donors (Lipinski definition) is 0. The Kier molecular flexibility index (Phi) is 8.36. The van der Waals surface area contributed by atoms with Crippen LogP contribution >= 0.6 is 11.6 Å². The molecule has 0 atom stereocenters. The number of benzene rings is 4. The summed E-state index contributed by atoms with van der Waals surface area (Å²) >= 11 is 6.17. The van der Waals surface area contributed by atoms with Crippen molar-refractivity contribution in [2.45, 2.75) is 0 Å². The van der Waals surface area contributed by atoms with Crippen LogP contribution in [0.1, 0.15) is 0 Å². The van der Waals surface area contributed by atoms with E-state index < -0.39 is 10.2 Å². The average molecular weight is 532 g/mol. The zero-order chi connectivity index (χ0) is 26.4. The topological polar surface area (TPSA) is 96.1 Å². The second-order valence-corrected chi connectivity index (χ2v) is 9.45. The lowest BCUT2D eigenvalue weighted by Gasteiger charge is -2.17. The molecule has 1 heterocycles. The predicted octanol–water partition coefficient (Wildman–Crippen LogP) is 3.08. The van der Waals surface area contributed by atoms with E-state index >= 15 is 0 Å². The van der Waals surface area contributed by atoms with Gasteiger partial charge in [-0.1, -0.05) is 84.4 Å². The maximum atomic E-state index is 8.49. The maximum absolute atomic E-state index is 8.49. The lowest BCUT2D eigenvalue weighted by Crippen LogP contribution is -2.68. The van der Waals surface area contributed by atoms with Crippen LogP contribution in [0.15, 0.2) is 121 Å². The van der Waals surface area contributed by atoms with Gasteiger partial charge in [-0.2, -0.15) is 0 Å². The minimum absolute atomic E-state index is 0.744. The summed E-state index contributed by atoms with van der Waals surface area (Å²) < 4.78 is 36.2. The molecule has 5 aromatic rings. The maximum Gasteiger partial charge on any atom is 0.213 e. The first-order valence-corrected chi connectivity index (χ1v) is 12.9. The van der Waals surface area contributed by atoms with E-state index in [1.54, 1.807) is 0 Å². The first kappa shape index (κ1) is 26.5. The number of rotatable bonds is 4. The van der Waals surface area contributed by atoms with Gasteiger partial charge in [0.15, 0.2) is 6.20 Å². The fourth-order valence-electron chi connectivity index (χ4n) is 4.20. The van der Waals surface area contributed by atoms with Crippen molar-refractivity contribution < 1.29 is 33.4 Å². The van der Waals surface area contributed by atoms with E-state index in [-0.39, 0.29) is 0 Å². The van der Waals surface area contributed by atoms with Crippen LogP contribution in [0, 0.1) is 10.2 Å². The molecular weight excluding hydrogens is 509 g/mol. The van der Waals surface area contributed by atoms with Gasteiger partial charge in [-0.25, -0.2) is 23.2 Å². The zero-order valence-electron chi connectivity index (χ0n) is 19.9. The van der Waals surface area contributed by atoms with Crippen LogP contribution < -0.4 is 23.2 Å². The highest BCUT2D eigenvalue weighted by Crippen LogP contribution is 2.42. The van der Waals surface area contributed by atoms with E-state index in [0.717, 1.165) is 10.6 Å². The third-order valence-corrected chi connectivity index (χ3v) is 6.05. The average Bonchev–Trinajstić information content (AvgIpc) is 2.89. The monoisotopic (exact) mass is 531 g/mol. The first-order valence-electron chi connectivity index (χ1n) is 11.3. The Bertz CT molecular complexity index is 1400. The first-order chi connectivity index (χ1) is 17.7. The van der Waals surface area contributed by atoms with Gasteiger partial charge in [0.2, 0.25) is 5.69 Å². The Morgan fingerprint density at radius 3 is 1.49 bits per heavy atom. The Morgan fingerprint density at radius 2 is 1.03 bits per heavy atom. The third-order valence-electron chi connectivity index (χ3n) is 5.80. The molecule has 0 aliphatic rings. The Labute approximate surface area is 222 Å². The van der Waals surface area contributed by atoms with E-state index in [0.29, 0.717) is 0 Å². The molecule has 1 aromatic heterocycles. The highest BCUT2D eigenvalue weighted by molar-refractivity contribution is 6.30. The largest absolute Gasteiger partial charge is 0.222 e. The van der Waals surface area contributed by atoms with Crippen LogP contribution in [-0.4, -0.2) is 0 Å². The summed E-state index contributed by atoms with van der Waals surface area (Å²) in [7, 11) is -2.84. The molecule has 0 N–H and O–H groups in total. The molecule has 0 spiro atoms. The molecule has 0 saturated carbocycles.